The van der Waals surface area contributed by atoms with Gasteiger partial charge in [-0.1, -0.05) is 97.0 Å². The van der Waals surface area contributed by atoms with Crippen molar-refractivity contribution in [1.82, 2.24) is 0 Å². The second-order valence-corrected chi connectivity index (χ2v) is 14.6. The first-order valence-corrected chi connectivity index (χ1v) is 15.0. The van der Waals surface area contributed by atoms with E-state index in [0.717, 1.165) is 24.1 Å². The maximum Gasteiger partial charge on any atom is 0.342 e. The third-order valence-electron chi connectivity index (χ3n) is 8.30. The molecule has 3 aromatic carbocycles. The highest BCUT2D eigenvalue weighted by atomic mass is 19.1. The molecule has 0 aliphatic rings. The minimum Gasteiger partial charge on any atom is -0.457 e. The van der Waals surface area contributed by atoms with E-state index < -0.39 is 29.0 Å². The summed E-state index contributed by atoms with van der Waals surface area (Å²) in [5.74, 6) is -2.71. The highest BCUT2D eigenvalue weighted by molar-refractivity contribution is 5.95. The molecule has 3 rings (SSSR count). The predicted molar refractivity (Wildman–Crippen MR) is 172 cm³/mol. The number of allylic oxidation sites excluding steroid dienone is 2. The number of ether oxygens (including phenoxy) is 2. The number of hydrogen-bond donors (Lipinski definition) is 0. The normalized spacial score (nSPS) is 12.8. The fraction of sp³-hybridized carbons (Fsp3) is 0.421. The summed E-state index contributed by atoms with van der Waals surface area (Å²) < 4.78 is 39.7. The van der Waals surface area contributed by atoms with E-state index in [1.807, 2.05) is 44.2 Å². The molecular formula is C38H46F2O4. The van der Waals surface area contributed by atoms with Crippen LogP contribution in [-0.2, 0) is 16.1 Å². The summed E-state index contributed by atoms with van der Waals surface area (Å²) in [7, 11) is 0. The standard InChI is InChI=1S/C38H46F2O4/c1-35(2,3)20-13-21-37(6,7)38(8,9)25-36(4,5)34(42)44-32-19-16-27(29-18-17-28(39)23-31(29)40)22-30(32)33(41)43-24-26-14-11-10-12-15-26/h10-19,21-23H,20,24-25H2,1-9H3. The molecular weight excluding hydrogens is 558 g/mol. The maximum absolute atomic E-state index is 14.6. The van der Waals surface area contributed by atoms with Gasteiger partial charge in [0.25, 0.3) is 0 Å². The van der Waals surface area contributed by atoms with Crippen molar-refractivity contribution < 1.29 is 27.8 Å². The molecule has 3 aromatic rings. The van der Waals surface area contributed by atoms with E-state index in [-0.39, 0.29) is 39.7 Å². The van der Waals surface area contributed by atoms with Crippen LogP contribution in [0.5, 0.6) is 5.75 Å². The van der Waals surface area contributed by atoms with E-state index in [9.17, 15) is 18.4 Å². The van der Waals surface area contributed by atoms with Gasteiger partial charge in [-0.25, -0.2) is 13.6 Å². The van der Waals surface area contributed by atoms with Gasteiger partial charge in [-0.2, -0.15) is 0 Å². The van der Waals surface area contributed by atoms with Gasteiger partial charge < -0.3 is 9.47 Å². The first-order chi connectivity index (χ1) is 20.3. The highest BCUT2D eigenvalue weighted by Gasteiger charge is 2.43. The number of hydrogen-bond acceptors (Lipinski definition) is 4. The van der Waals surface area contributed by atoms with Gasteiger partial charge in [0.05, 0.1) is 5.41 Å². The molecule has 4 nitrogen and oxygen atoms in total. The average Bonchev–Trinajstić information content (AvgIpc) is 2.91. The lowest BCUT2D eigenvalue weighted by molar-refractivity contribution is -0.146. The van der Waals surface area contributed by atoms with Gasteiger partial charge >= 0.3 is 11.9 Å². The summed E-state index contributed by atoms with van der Waals surface area (Å²) in [5, 5.41) is 0. The van der Waals surface area contributed by atoms with Gasteiger partial charge in [0.15, 0.2) is 0 Å². The number of carbonyl (C=O) groups is 2. The van der Waals surface area contributed by atoms with Crippen LogP contribution in [0.3, 0.4) is 0 Å². The monoisotopic (exact) mass is 604 g/mol. The van der Waals surface area contributed by atoms with Crippen molar-refractivity contribution in [3.8, 4) is 16.9 Å². The molecule has 236 valence electrons. The van der Waals surface area contributed by atoms with Gasteiger partial charge in [-0.15, -0.1) is 0 Å². The molecule has 0 aliphatic carbocycles. The Morgan fingerprint density at radius 3 is 2.09 bits per heavy atom. The Hall–Kier alpha value is -3.80. The molecule has 0 aliphatic heterocycles. The molecule has 0 fully saturated rings. The molecule has 0 saturated heterocycles. The summed E-state index contributed by atoms with van der Waals surface area (Å²) in [5.41, 5.74) is -0.0698. The zero-order chi connectivity index (χ0) is 32.9. The smallest absolute Gasteiger partial charge is 0.342 e. The summed E-state index contributed by atoms with van der Waals surface area (Å²) in [6, 6.07) is 16.8. The molecule has 44 heavy (non-hydrogen) atoms. The average molecular weight is 605 g/mol. The highest BCUT2D eigenvalue weighted by Crippen LogP contribution is 2.48. The van der Waals surface area contributed by atoms with Crippen molar-refractivity contribution in [1.29, 1.82) is 0 Å². The van der Waals surface area contributed by atoms with Crippen molar-refractivity contribution in [2.75, 3.05) is 0 Å². The van der Waals surface area contributed by atoms with Gasteiger partial charge in [-0.3, -0.25) is 4.79 Å². The minimum absolute atomic E-state index is 0.000304. The third kappa shape index (κ3) is 9.10. The number of halogens is 2. The molecule has 0 amide bonds. The zero-order valence-corrected chi connectivity index (χ0v) is 27.5. The fourth-order valence-corrected chi connectivity index (χ4v) is 5.05. The lowest BCUT2D eigenvalue weighted by Gasteiger charge is -2.44. The van der Waals surface area contributed by atoms with Crippen molar-refractivity contribution in [2.45, 2.75) is 81.8 Å². The van der Waals surface area contributed by atoms with Gasteiger partial charge in [0.1, 0.15) is 29.6 Å². The molecule has 0 radical (unpaired) electrons. The Morgan fingerprint density at radius 2 is 1.48 bits per heavy atom. The fourth-order valence-electron chi connectivity index (χ4n) is 5.05. The molecule has 0 N–H and O–H groups in total. The second kappa shape index (κ2) is 13.5. The number of rotatable bonds is 11. The van der Waals surface area contributed by atoms with Crippen LogP contribution in [0.25, 0.3) is 11.1 Å². The lowest BCUT2D eigenvalue weighted by atomic mass is 9.61. The minimum atomic E-state index is -0.911. The van der Waals surface area contributed by atoms with Gasteiger partial charge in [0, 0.05) is 11.6 Å². The van der Waals surface area contributed by atoms with E-state index in [0.29, 0.717) is 12.0 Å². The zero-order valence-electron chi connectivity index (χ0n) is 27.5. The third-order valence-corrected chi connectivity index (χ3v) is 8.30. The molecule has 0 saturated carbocycles. The number of benzene rings is 3. The van der Waals surface area contributed by atoms with Crippen LogP contribution < -0.4 is 4.74 Å². The van der Waals surface area contributed by atoms with Crippen LogP contribution in [-0.4, -0.2) is 11.9 Å². The van der Waals surface area contributed by atoms with E-state index in [4.69, 9.17) is 9.47 Å². The van der Waals surface area contributed by atoms with E-state index >= 15 is 0 Å². The summed E-state index contributed by atoms with van der Waals surface area (Å²) in [6.45, 7) is 18.9. The lowest BCUT2D eigenvalue weighted by Crippen LogP contribution is -2.40. The predicted octanol–water partition coefficient (Wildman–Crippen LogP) is 10.4. The Labute approximate surface area is 261 Å². The van der Waals surface area contributed by atoms with Crippen LogP contribution in [0.4, 0.5) is 8.78 Å². The quantitative estimate of drug-likeness (QED) is 0.124. The molecule has 0 spiro atoms. The van der Waals surface area contributed by atoms with Gasteiger partial charge in [-0.05, 0) is 78.3 Å². The Balaban J connectivity index is 1.90. The second-order valence-electron chi connectivity index (χ2n) is 14.6. The summed E-state index contributed by atoms with van der Waals surface area (Å²) in [6.07, 6.45) is 5.90. The molecule has 0 unspecified atom stereocenters. The summed E-state index contributed by atoms with van der Waals surface area (Å²) >= 11 is 0. The molecule has 0 bridgehead atoms. The van der Waals surface area contributed by atoms with Crippen molar-refractivity contribution in [2.24, 2.45) is 21.7 Å². The van der Waals surface area contributed by atoms with Crippen LogP contribution in [0.15, 0.2) is 78.9 Å². The topological polar surface area (TPSA) is 52.6 Å². The Bertz CT molecular complexity index is 1490. The van der Waals surface area contributed by atoms with Crippen molar-refractivity contribution in [3.63, 3.8) is 0 Å². The van der Waals surface area contributed by atoms with Crippen molar-refractivity contribution >= 4 is 11.9 Å². The van der Waals surface area contributed by atoms with E-state index in [1.54, 1.807) is 0 Å². The molecule has 0 atom stereocenters. The van der Waals surface area contributed by atoms with Crippen LogP contribution in [0.2, 0.25) is 0 Å². The van der Waals surface area contributed by atoms with E-state index in [2.05, 4.69) is 60.6 Å². The van der Waals surface area contributed by atoms with E-state index in [1.165, 1.54) is 24.3 Å². The summed E-state index contributed by atoms with van der Waals surface area (Å²) in [4.78, 5) is 27.0. The first kappa shape index (κ1) is 34.7. The number of esters is 2. The Morgan fingerprint density at radius 1 is 0.818 bits per heavy atom. The number of carbonyl (C=O) groups excluding carboxylic acids is 2. The largest absolute Gasteiger partial charge is 0.457 e. The Kier molecular flexibility index (Phi) is 10.6. The van der Waals surface area contributed by atoms with Crippen LogP contribution in [0, 0.1) is 33.3 Å². The van der Waals surface area contributed by atoms with Crippen molar-refractivity contribution in [3.05, 3.63) is 102 Å². The van der Waals surface area contributed by atoms with Crippen LogP contribution in [0.1, 0.15) is 91.1 Å². The maximum atomic E-state index is 14.6. The molecule has 0 aromatic heterocycles. The SMILES string of the molecule is CC(C)(C)CC=CC(C)(C)C(C)(C)CC(C)(C)C(=O)Oc1ccc(-c2ccc(F)cc2F)cc1C(=O)OCc1ccccc1. The first-order valence-electron chi connectivity index (χ1n) is 15.0. The van der Waals surface area contributed by atoms with Crippen LogP contribution >= 0.6 is 0 Å². The molecule has 6 heteroatoms. The van der Waals surface area contributed by atoms with Gasteiger partial charge in [0.2, 0.25) is 0 Å². The molecule has 0 heterocycles.